The summed E-state index contributed by atoms with van der Waals surface area (Å²) in [6, 6.07) is 16.9. The number of hydrogen-bond acceptors (Lipinski definition) is 5. The first kappa shape index (κ1) is 21.2. The Morgan fingerprint density at radius 1 is 0.897 bits per heavy atom. The molecule has 152 valence electrons. The van der Waals surface area contributed by atoms with Gasteiger partial charge in [0, 0.05) is 25.4 Å². The van der Waals surface area contributed by atoms with Crippen LogP contribution in [0.5, 0.6) is 17.4 Å². The Bertz CT molecular complexity index is 923. The van der Waals surface area contributed by atoms with Crippen molar-refractivity contribution >= 4 is 23.2 Å². The second-order valence-corrected chi connectivity index (χ2v) is 7.03. The van der Waals surface area contributed by atoms with Crippen molar-refractivity contribution in [1.82, 2.24) is 10.3 Å². The molecule has 0 radical (unpaired) electrons. The van der Waals surface area contributed by atoms with Crippen LogP contribution in [0.15, 0.2) is 60.8 Å². The highest BCUT2D eigenvalue weighted by molar-refractivity contribution is 6.42. The third-order valence-electron chi connectivity index (χ3n) is 4.10. The van der Waals surface area contributed by atoms with Gasteiger partial charge >= 0.3 is 0 Å². The summed E-state index contributed by atoms with van der Waals surface area (Å²) < 4.78 is 16.9. The number of aromatic nitrogens is 1. The van der Waals surface area contributed by atoms with Gasteiger partial charge in [-0.25, -0.2) is 4.98 Å². The summed E-state index contributed by atoms with van der Waals surface area (Å²) in [5.41, 5.74) is 2.02. The first-order chi connectivity index (χ1) is 14.2. The lowest BCUT2D eigenvalue weighted by molar-refractivity contribution is 0.284. The number of rotatable bonds is 10. The molecule has 0 aliphatic carbocycles. The van der Waals surface area contributed by atoms with E-state index in [1.807, 2.05) is 42.5 Å². The second-order valence-electron chi connectivity index (χ2n) is 6.22. The van der Waals surface area contributed by atoms with E-state index in [4.69, 9.17) is 37.4 Å². The maximum absolute atomic E-state index is 6.05. The molecule has 7 heteroatoms. The molecule has 0 aliphatic rings. The van der Waals surface area contributed by atoms with Gasteiger partial charge in [0.15, 0.2) is 11.5 Å². The highest BCUT2D eigenvalue weighted by atomic mass is 35.5. The summed E-state index contributed by atoms with van der Waals surface area (Å²) in [6.07, 6.45) is 1.71. The van der Waals surface area contributed by atoms with E-state index < -0.39 is 0 Å². The topological polar surface area (TPSA) is 52.6 Å². The minimum Gasteiger partial charge on any atom is -0.493 e. The van der Waals surface area contributed by atoms with E-state index in [0.29, 0.717) is 53.7 Å². The van der Waals surface area contributed by atoms with E-state index in [1.54, 1.807) is 25.4 Å². The third-order valence-corrected chi connectivity index (χ3v) is 4.84. The predicted octanol–water partition coefficient (Wildman–Crippen LogP) is 5.14. The molecule has 0 unspecified atom stereocenters. The average Bonchev–Trinajstić information content (AvgIpc) is 2.75. The third kappa shape index (κ3) is 6.53. The van der Waals surface area contributed by atoms with Gasteiger partial charge in [-0.2, -0.15) is 0 Å². The Hall–Kier alpha value is -2.47. The van der Waals surface area contributed by atoms with Gasteiger partial charge in [-0.1, -0.05) is 41.4 Å². The molecule has 3 aromatic rings. The van der Waals surface area contributed by atoms with Crippen molar-refractivity contribution in [3.8, 4) is 17.4 Å². The molecule has 0 atom stereocenters. The fraction of sp³-hybridized carbons (Fsp3) is 0.227. The van der Waals surface area contributed by atoms with Crippen molar-refractivity contribution < 1.29 is 14.2 Å². The van der Waals surface area contributed by atoms with Crippen LogP contribution in [-0.2, 0) is 13.2 Å². The Morgan fingerprint density at radius 3 is 2.52 bits per heavy atom. The molecule has 1 heterocycles. The molecule has 0 aliphatic heterocycles. The van der Waals surface area contributed by atoms with E-state index >= 15 is 0 Å². The highest BCUT2D eigenvalue weighted by Gasteiger charge is 2.07. The molecule has 0 saturated heterocycles. The molecule has 3 rings (SSSR count). The Kier molecular flexibility index (Phi) is 7.99. The van der Waals surface area contributed by atoms with Crippen molar-refractivity contribution in [3.05, 3.63) is 82.0 Å². The molecular weight excluding hydrogens is 411 g/mol. The Morgan fingerprint density at radius 2 is 1.76 bits per heavy atom. The van der Waals surface area contributed by atoms with E-state index in [0.717, 1.165) is 11.1 Å². The molecule has 0 fully saturated rings. The maximum atomic E-state index is 6.05. The molecule has 2 aromatic carbocycles. The summed E-state index contributed by atoms with van der Waals surface area (Å²) in [7, 11) is 1.62. The maximum Gasteiger partial charge on any atom is 0.213 e. The van der Waals surface area contributed by atoms with Crippen LogP contribution >= 0.6 is 23.2 Å². The normalized spacial score (nSPS) is 10.6. The number of nitrogens with zero attached hydrogens (tertiary/aromatic N) is 1. The number of hydrogen-bond donors (Lipinski definition) is 1. The van der Waals surface area contributed by atoms with E-state index in [1.165, 1.54) is 0 Å². The van der Waals surface area contributed by atoms with Crippen molar-refractivity contribution in [2.24, 2.45) is 0 Å². The number of nitrogens with one attached hydrogen (secondary N) is 1. The van der Waals surface area contributed by atoms with Crippen LogP contribution < -0.4 is 19.5 Å². The lowest BCUT2D eigenvalue weighted by Gasteiger charge is -2.13. The summed E-state index contributed by atoms with van der Waals surface area (Å²) in [5.74, 6) is 1.97. The van der Waals surface area contributed by atoms with Crippen LogP contribution in [0, 0.1) is 0 Å². The molecular formula is C22H22Cl2N2O3. The van der Waals surface area contributed by atoms with Gasteiger partial charge in [-0.15, -0.1) is 0 Å². The molecule has 29 heavy (non-hydrogen) atoms. The smallest absolute Gasteiger partial charge is 0.213 e. The number of halogens is 2. The Labute approximate surface area is 180 Å². The van der Waals surface area contributed by atoms with Crippen LogP contribution in [0.4, 0.5) is 0 Å². The van der Waals surface area contributed by atoms with Crippen LogP contribution in [0.25, 0.3) is 0 Å². The molecule has 0 saturated carbocycles. The van der Waals surface area contributed by atoms with Crippen molar-refractivity contribution in [2.75, 3.05) is 20.3 Å². The van der Waals surface area contributed by atoms with Gasteiger partial charge in [0.2, 0.25) is 5.88 Å². The SMILES string of the molecule is COc1cc(CNCCOc2ccccn2)ccc1OCc1ccc(Cl)c(Cl)c1. The van der Waals surface area contributed by atoms with Crippen molar-refractivity contribution in [2.45, 2.75) is 13.2 Å². The van der Waals surface area contributed by atoms with Gasteiger partial charge in [0.25, 0.3) is 0 Å². The summed E-state index contributed by atoms with van der Waals surface area (Å²) >= 11 is 12.0. The Balaban J connectivity index is 1.48. The molecule has 0 amide bonds. The number of pyridine rings is 1. The summed E-state index contributed by atoms with van der Waals surface area (Å²) in [4.78, 5) is 4.12. The molecule has 0 spiro atoms. The zero-order chi connectivity index (χ0) is 20.5. The van der Waals surface area contributed by atoms with E-state index in [2.05, 4.69) is 10.3 Å². The predicted molar refractivity (Wildman–Crippen MR) is 115 cm³/mol. The van der Waals surface area contributed by atoms with Gasteiger partial charge in [0.1, 0.15) is 13.2 Å². The monoisotopic (exact) mass is 432 g/mol. The van der Waals surface area contributed by atoms with E-state index in [-0.39, 0.29) is 0 Å². The van der Waals surface area contributed by atoms with Crippen LogP contribution in [0.1, 0.15) is 11.1 Å². The molecule has 1 aromatic heterocycles. The average molecular weight is 433 g/mol. The number of ether oxygens (including phenoxy) is 3. The molecule has 5 nitrogen and oxygen atoms in total. The zero-order valence-electron chi connectivity index (χ0n) is 16.0. The van der Waals surface area contributed by atoms with Crippen LogP contribution in [-0.4, -0.2) is 25.2 Å². The van der Waals surface area contributed by atoms with Crippen molar-refractivity contribution in [3.63, 3.8) is 0 Å². The molecule has 0 bridgehead atoms. The summed E-state index contributed by atoms with van der Waals surface area (Å²) in [5, 5.41) is 4.37. The van der Waals surface area contributed by atoms with Gasteiger partial charge in [-0.3, -0.25) is 0 Å². The zero-order valence-corrected chi connectivity index (χ0v) is 17.5. The lowest BCUT2D eigenvalue weighted by Crippen LogP contribution is -2.20. The number of benzene rings is 2. The highest BCUT2D eigenvalue weighted by Crippen LogP contribution is 2.29. The first-order valence-corrected chi connectivity index (χ1v) is 9.89. The number of methoxy groups -OCH3 is 1. The quantitative estimate of drug-likeness (QED) is 0.449. The second kappa shape index (κ2) is 10.9. The minimum absolute atomic E-state index is 0.371. The standard InChI is InChI=1S/C22H22Cl2N2O3/c1-27-21-13-16(14-25-10-11-28-22-4-2-3-9-26-22)6-8-20(21)29-15-17-5-7-18(23)19(24)12-17/h2-9,12-13,25H,10-11,14-15H2,1H3. The van der Waals surface area contributed by atoms with Crippen LogP contribution in [0.2, 0.25) is 10.0 Å². The molecule has 1 N–H and O–H groups in total. The summed E-state index contributed by atoms with van der Waals surface area (Å²) in [6.45, 7) is 2.30. The van der Waals surface area contributed by atoms with Crippen molar-refractivity contribution in [1.29, 1.82) is 0 Å². The van der Waals surface area contributed by atoms with E-state index in [9.17, 15) is 0 Å². The fourth-order valence-electron chi connectivity index (χ4n) is 2.62. The van der Waals surface area contributed by atoms with Gasteiger partial charge in [-0.05, 0) is 41.5 Å². The largest absolute Gasteiger partial charge is 0.493 e. The van der Waals surface area contributed by atoms with Gasteiger partial charge < -0.3 is 19.5 Å². The lowest BCUT2D eigenvalue weighted by atomic mass is 10.2. The first-order valence-electron chi connectivity index (χ1n) is 9.14. The van der Waals surface area contributed by atoms with Gasteiger partial charge in [0.05, 0.1) is 17.2 Å². The minimum atomic E-state index is 0.371. The van der Waals surface area contributed by atoms with Crippen LogP contribution in [0.3, 0.4) is 0 Å². The fourth-order valence-corrected chi connectivity index (χ4v) is 2.95.